The standard InChI is InChI=1S/C9H14N6S/c1-3-5-15-8(11-12-13-15)7-16-9-10-4-6-14(9)2/h4,6H,3,5,7H2,1-2H3. The predicted molar refractivity (Wildman–Crippen MR) is 60.9 cm³/mol. The highest BCUT2D eigenvalue weighted by atomic mass is 32.2. The van der Waals surface area contributed by atoms with Crippen molar-refractivity contribution in [2.75, 3.05) is 0 Å². The highest BCUT2D eigenvalue weighted by Crippen LogP contribution is 2.18. The van der Waals surface area contributed by atoms with Crippen molar-refractivity contribution in [3.63, 3.8) is 0 Å². The number of hydrogen-bond donors (Lipinski definition) is 0. The van der Waals surface area contributed by atoms with E-state index in [0.29, 0.717) is 0 Å². The molecule has 7 heteroatoms. The van der Waals surface area contributed by atoms with Crippen LogP contribution in [-0.2, 0) is 19.3 Å². The van der Waals surface area contributed by atoms with E-state index in [1.165, 1.54) is 0 Å². The average Bonchev–Trinajstić information content (AvgIpc) is 2.86. The van der Waals surface area contributed by atoms with Gasteiger partial charge in [0, 0.05) is 26.0 Å². The van der Waals surface area contributed by atoms with Crippen LogP contribution in [0.3, 0.4) is 0 Å². The molecule has 2 heterocycles. The van der Waals surface area contributed by atoms with Crippen LogP contribution in [0.4, 0.5) is 0 Å². The summed E-state index contributed by atoms with van der Waals surface area (Å²) in [5.41, 5.74) is 0. The molecule has 0 aliphatic heterocycles. The van der Waals surface area contributed by atoms with Gasteiger partial charge < -0.3 is 4.57 Å². The summed E-state index contributed by atoms with van der Waals surface area (Å²) in [6.45, 7) is 2.97. The zero-order valence-electron chi connectivity index (χ0n) is 9.37. The van der Waals surface area contributed by atoms with Gasteiger partial charge in [0.1, 0.15) is 0 Å². The Labute approximate surface area is 98.1 Å². The number of tetrazole rings is 1. The Morgan fingerprint density at radius 2 is 2.31 bits per heavy atom. The Balaban J connectivity index is 1.99. The lowest BCUT2D eigenvalue weighted by atomic mass is 10.5. The van der Waals surface area contributed by atoms with Crippen molar-refractivity contribution < 1.29 is 0 Å². The van der Waals surface area contributed by atoms with Gasteiger partial charge >= 0.3 is 0 Å². The molecular weight excluding hydrogens is 224 g/mol. The van der Waals surface area contributed by atoms with E-state index in [1.54, 1.807) is 18.0 Å². The van der Waals surface area contributed by atoms with E-state index in [0.717, 1.165) is 29.7 Å². The third kappa shape index (κ3) is 2.41. The van der Waals surface area contributed by atoms with Gasteiger partial charge in [0.15, 0.2) is 11.0 Å². The summed E-state index contributed by atoms with van der Waals surface area (Å²) in [7, 11) is 1.98. The van der Waals surface area contributed by atoms with Crippen LogP contribution in [0, 0.1) is 0 Å². The number of hydrogen-bond acceptors (Lipinski definition) is 5. The number of nitrogens with zero attached hydrogens (tertiary/aromatic N) is 6. The quantitative estimate of drug-likeness (QED) is 0.730. The van der Waals surface area contributed by atoms with Crippen molar-refractivity contribution >= 4 is 11.8 Å². The molecule has 86 valence electrons. The number of rotatable bonds is 5. The van der Waals surface area contributed by atoms with Gasteiger partial charge in [0.05, 0.1) is 5.75 Å². The van der Waals surface area contributed by atoms with Gasteiger partial charge in [-0.05, 0) is 16.8 Å². The fourth-order valence-electron chi connectivity index (χ4n) is 1.33. The predicted octanol–water partition coefficient (Wildman–Crippen LogP) is 1.11. The molecule has 0 saturated heterocycles. The molecule has 2 rings (SSSR count). The minimum absolute atomic E-state index is 0.748. The zero-order valence-corrected chi connectivity index (χ0v) is 10.2. The van der Waals surface area contributed by atoms with E-state index in [4.69, 9.17) is 0 Å². The first kappa shape index (κ1) is 11.1. The monoisotopic (exact) mass is 238 g/mol. The molecule has 6 nitrogen and oxygen atoms in total. The van der Waals surface area contributed by atoms with Gasteiger partial charge in [-0.2, -0.15) is 0 Å². The van der Waals surface area contributed by atoms with Gasteiger partial charge in [-0.15, -0.1) is 5.10 Å². The smallest absolute Gasteiger partial charge is 0.168 e. The number of thioether (sulfide) groups is 1. The molecule has 0 fully saturated rings. The first-order valence-corrected chi connectivity index (χ1v) is 6.15. The number of aromatic nitrogens is 6. The van der Waals surface area contributed by atoms with Crippen LogP contribution in [0.15, 0.2) is 17.6 Å². The van der Waals surface area contributed by atoms with Crippen LogP contribution in [0.5, 0.6) is 0 Å². The second kappa shape index (κ2) is 5.11. The number of aryl methyl sites for hydroxylation is 2. The summed E-state index contributed by atoms with van der Waals surface area (Å²) < 4.78 is 3.83. The molecule has 0 aliphatic rings. The average molecular weight is 238 g/mol. The first-order chi connectivity index (χ1) is 7.81. The van der Waals surface area contributed by atoms with Crippen LogP contribution >= 0.6 is 11.8 Å². The molecule has 0 radical (unpaired) electrons. The summed E-state index contributed by atoms with van der Waals surface area (Å²) in [4.78, 5) is 4.24. The van der Waals surface area contributed by atoms with Crippen molar-refractivity contribution in [2.45, 2.75) is 30.8 Å². The van der Waals surface area contributed by atoms with Crippen LogP contribution in [0.1, 0.15) is 19.2 Å². The highest BCUT2D eigenvalue weighted by molar-refractivity contribution is 7.98. The molecular formula is C9H14N6S. The summed E-state index contributed by atoms with van der Waals surface area (Å²) in [5.74, 6) is 1.65. The summed E-state index contributed by atoms with van der Waals surface area (Å²) in [6.07, 6.45) is 4.75. The van der Waals surface area contributed by atoms with E-state index in [2.05, 4.69) is 27.4 Å². The summed E-state index contributed by atoms with van der Waals surface area (Å²) in [6, 6.07) is 0. The molecule has 0 unspecified atom stereocenters. The van der Waals surface area contributed by atoms with Crippen molar-refractivity contribution in [2.24, 2.45) is 7.05 Å². The SMILES string of the molecule is CCCn1nnnc1CSc1nccn1C. The molecule has 0 N–H and O–H groups in total. The van der Waals surface area contributed by atoms with E-state index >= 15 is 0 Å². The maximum absolute atomic E-state index is 4.24. The van der Waals surface area contributed by atoms with E-state index in [9.17, 15) is 0 Å². The third-order valence-corrected chi connectivity index (χ3v) is 3.20. The van der Waals surface area contributed by atoms with Crippen LogP contribution < -0.4 is 0 Å². The fourth-order valence-corrected chi connectivity index (χ4v) is 2.20. The zero-order chi connectivity index (χ0) is 11.4. The highest BCUT2D eigenvalue weighted by Gasteiger charge is 2.07. The second-order valence-electron chi connectivity index (χ2n) is 3.43. The lowest BCUT2D eigenvalue weighted by Gasteiger charge is -2.02. The van der Waals surface area contributed by atoms with Crippen LogP contribution in [-0.4, -0.2) is 29.8 Å². The Morgan fingerprint density at radius 3 is 3.00 bits per heavy atom. The maximum atomic E-state index is 4.24. The molecule has 0 spiro atoms. The molecule has 0 aromatic carbocycles. The van der Waals surface area contributed by atoms with Crippen LogP contribution in [0.2, 0.25) is 0 Å². The van der Waals surface area contributed by atoms with Gasteiger partial charge in [-0.25, -0.2) is 9.67 Å². The van der Waals surface area contributed by atoms with Gasteiger partial charge in [-0.1, -0.05) is 18.7 Å². The number of imidazole rings is 1. The first-order valence-electron chi connectivity index (χ1n) is 5.16. The second-order valence-corrected chi connectivity index (χ2v) is 4.37. The molecule has 0 amide bonds. The van der Waals surface area contributed by atoms with Gasteiger partial charge in [0.25, 0.3) is 0 Å². The molecule has 2 aromatic heterocycles. The molecule has 0 bridgehead atoms. The Kier molecular flexibility index (Phi) is 3.55. The molecule has 0 atom stereocenters. The summed E-state index contributed by atoms with van der Waals surface area (Å²) >= 11 is 1.64. The van der Waals surface area contributed by atoms with E-state index in [-0.39, 0.29) is 0 Å². The summed E-state index contributed by atoms with van der Waals surface area (Å²) in [5, 5.41) is 12.6. The Bertz CT molecular complexity index is 448. The van der Waals surface area contributed by atoms with Crippen LogP contribution in [0.25, 0.3) is 0 Å². The largest absolute Gasteiger partial charge is 0.329 e. The Morgan fingerprint density at radius 1 is 1.44 bits per heavy atom. The van der Waals surface area contributed by atoms with Crippen molar-refractivity contribution in [1.82, 2.24) is 29.8 Å². The third-order valence-electron chi connectivity index (χ3n) is 2.15. The minimum Gasteiger partial charge on any atom is -0.329 e. The Hall–Kier alpha value is -1.37. The van der Waals surface area contributed by atoms with E-state index in [1.807, 2.05) is 22.5 Å². The van der Waals surface area contributed by atoms with Gasteiger partial charge in [0.2, 0.25) is 0 Å². The molecule has 0 saturated carbocycles. The molecule has 2 aromatic rings. The van der Waals surface area contributed by atoms with Crippen molar-refractivity contribution in [3.8, 4) is 0 Å². The van der Waals surface area contributed by atoms with Crippen molar-refractivity contribution in [1.29, 1.82) is 0 Å². The lowest BCUT2D eigenvalue weighted by Crippen LogP contribution is -2.04. The van der Waals surface area contributed by atoms with E-state index < -0.39 is 0 Å². The van der Waals surface area contributed by atoms with Gasteiger partial charge in [-0.3, -0.25) is 0 Å². The lowest BCUT2D eigenvalue weighted by molar-refractivity contribution is 0.564. The molecule has 0 aliphatic carbocycles. The fraction of sp³-hybridized carbons (Fsp3) is 0.556. The van der Waals surface area contributed by atoms with Crippen molar-refractivity contribution in [3.05, 3.63) is 18.2 Å². The minimum atomic E-state index is 0.748. The normalized spacial score (nSPS) is 10.9. The maximum Gasteiger partial charge on any atom is 0.168 e. The topological polar surface area (TPSA) is 61.4 Å². The molecule has 16 heavy (non-hydrogen) atoms.